The summed E-state index contributed by atoms with van der Waals surface area (Å²) in [6.07, 6.45) is 4.07. The first-order valence-corrected chi connectivity index (χ1v) is 8.89. The minimum Gasteiger partial charge on any atom is -0.302 e. The molecule has 24 heavy (non-hydrogen) atoms. The van der Waals surface area contributed by atoms with Crippen LogP contribution >= 0.6 is 11.3 Å². The molecule has 3 aromatic rings. The van der Waals surface area contributed by atoms with Gasteiger partial charge in [0.2, 0.25) is 5.91 Å². The minimum atomic E-state index is 0.0241. The topological polar surface area (TPSA) is 42.0 Å². The number of carbonyl (C=O) groups excluding carboxylic acids is 1. The van der Waals surface area contributed by atoms with Crippen molar-refractivity contribution in [2.75, 3.05) is 5.32 Å². The zero-order valence-electron chi connectivity index (χ0n) is 13.7. The number of thiazole rings is 1. The van der Waals surface area contributed by atoms with E-state index in [1.807, 2.05) is 36.5 Å². The normalized spacial score (nSPS) is 10.5. The van der Waals surface area contributed by atoms with E-state index in [2.05, 4.69) is 41.5 Å². The van der Waals surface area contributed by atoms with Crippen LogP contribution in [-0.2, 0) is 11.2 Å². The van der Waals surface area contributed by atoms with Crippen molar-refractivity contribution in [3.8, 4) is 10.4 Å². The summed E-state index contributed by atoms with van der Waals surface area (Å²) in [4.78, 5) is 17.4. The molecule has 0 atom stereocenters. The fourth-order valence-corrected chi connectivity index (χ4v) is 3.30. The molecule has 4 heteroatoms. The molecule has 0 fully saturated rings. The third kappa shape index (κ3) is 4.52. The number of rotatable bonds is 6. The molecular formula is C20H20N2OS. The number of aromatic nitrogens is 1. The van der Waals surface area contributed by atoms with Gasteiger partial charge >= 0.3 is 0 Å². The van der Waals surface area contributed by atoms with Gasteiger partial charge in [0.15, 0.2) is 5.13 Å². The molecule has 0 radical (unpaired) electrons. The van der Waals surface area contributed by atoms with Gasteiger partial charge in [0.05, 0.1) is 4.88 Å². The summed E-state index contributed by atoms with van der Waals surface area (Å²) in [5.41, 5.74) is 3.65. The van der Waals surface area contributed by atoms with E-state index in [0.29, 0.717) is 11.6 Å². The van der Waals surface area contributed by atoms with E-state index >= 15 is 0 Å². The van der Waals surface area contributed by atoms with Gasteiger partial charge in [-0.3, -0.25) is 4.79 Å². The summed E-state index contributed by atoms with van der Waals surface area (Å²) >= 11 is 1.50. The number of aryl methyl sites for hydroxylation is 2. The first kappa shape index (κ1) is 16.4. The number of amides is 1. The van der Waals surface area contributed by atoms with Crippen LogP contribution in [0.1, 0.15) is 24.0 Å². The molecule has 1 amide bonds. The molecule has 2 aromatic carbocycles. The van der Waals surface area contributed by atoms with E-state index in [-0.39, 0.29) is 5.91 Å². The number of carbonyl (C=O) groups is 1. The average molecular weight is 336 g/mol. The minimum absolute atomic E-state index is 0.0241. The molecule has 0 aliphatic heterocycles. The van der Waals surface area contributed by atoms with Gasteiger partial charge in [-0.15, -0.1) is 0 Å². The molecule has 0 aliphatic rings. The zero-order valence-corrected chi connectivity index (χ0v) is 14.5. The predicted octanol–water partition coefficient (Wildman–Crippen LogP) is 5.08. The summed E-state index contributed by atoms with van der Waals surface area (Å²) < 4.78 is 0. The molecule has 1 heterocycles. The highest BCUT2D eigenvalue weighted by molar-refractivity contribution is 7.19. The van der Waals surface area contributed by atoms with E-state index in [1.165, 1.54) is 22.5 Å². The predicted molar refractivity (Wildman–Crippen MR) is 100 cm³/mol. The Bertz CT molecular complexity index is 794. The number of nitrogens with zero attached hydrogens (tertiary/aromatic N) is 1. The largest absolute Gasteiger partial charge is 0.302 e. The lowest BCUT2D eigenvalue weighted by Gasteiger charge is -2.03. The van der Waals surface area contributed by atoms with Gasteiger partial charge in [-0.2, -0.15) is 0 Å². The second-order valence-corrected chi connectivity index (χ2v) is 6.81. The molecule has 0 bridgehead atoms. The van der Waals surface area contributed by atoms with Gasteiger partial charge in [0.1, 0.15) is 0 Å². The van der Waals surface area contributed by atoms with Crippen molar-refractivity contribution in [2.24, 2.45) is 0 Å². The fourth-order valence-electron chi connectivity index (χ4n) is 2.46. The summed E-state index contributed by atoms with van der Waals surface area (Å²) in [7, 11) is 0. The van der Waals surface area contributed by atoms with Crippen molar-refractivity contribution in [3.05, 3.63) is 71.9 Å². The number of hydrogen-bond acceptors (Lipinski definition) is 3. The lowest BCUT2D eigenvalue weighted by Crippen LogP contribution is -2.11. The lowest BCUT2D eigenvalue weighted by atomic mass is 10.1. The Morgan fingerprint density at radius 3 is 2.58 bits per heavy atom. The van der Waals surface area contributed by atoms with Gasteiger partial charge in [-0.25, -0.2) is 4.98 Å². The van der Waals surface area contributed by atoms with Crippen LogP contribution in [0.15, 0.2) is 60.8 Å². The maximum absolute atomic E-state index is 12.1. The van der Waals surface area contributed by atoms with Gasteiger partial charge in [0.25, 0.3) is 0 Å². The molecule has 0 saturated heterocycles. The Kier molecular flexibility index (Phi) is 5.39. The third-order valence-electron chi connectivity index (χ3n) is 3.80. The summed E-state index contributed by atoms with van der Waals surface area (Å²) in [6, 6.07) is 18.5. The number of nitrogens with one attached hydrogen (secondary N) is 1. The van der Waals surface area contributed by atoms with Crippen molar-refractivity contribution in [3.63, 3.8) is 0 Å². The van der Waals surface area contributed by atoms with Crippen LogP contribution in [0.4, 0.5) is 5.13 Å². The van der Waals surface area contributed by atoms with Gasteiger partial charge in [0, 0.05) is 12.6 Å². The Hall–Kier alpha value is -2.46. The van der Waals surface area contributed by atoms with Crippen LogP contribution in [0.2, 0.25) is 0 Å². The molecule has 3 nitrogen and oxygen atoms in total. The molecule has 0 unspecified atom stereocenters. The smallest absolute Gasteiger partial charge is 0.226 e. The molecule has 1 aromatic heterocycles. The Balaban J connectivity index is 1.48. The van der Waals surface area contributed by atoms with Crippen molar-refractivity contribution in [1.82, 2.24) is 4.98 Å². The van der Waals surface area contributed by atoms with Crippen LogP contribution < -0.4 is 5.32 Å². The summed E-state index contributed by atoms with van der Waals surface area (Å²) in [5.74, 6) is 0.0241. The molecule has 1 N–H and O–H groups in total. The lowest BCUT2D eigenvalue weighted by molar-refractivity contribution is -0.116. The fraction of sp³-hybridized carbons (Fsp3) is 0.200. The van der Waals surface area contributed by atoms with Crippen LogP contribution in [0.3, 0.4) is 0 Å². The van der Waals surface area contributed by atoms with Crippen LogP contribution in [-0.4, -0.2) is 10.9 Å². The van der Waals surface area contributed by atoms with E-state index in [1.54, 1.807) is 0 Å². The van der Waals surface area contributed by atoms with Crippen molar-refractivity contribution in [2.45, 2.75) is 26.2 Å². The van der Waals surface area contributed by atoms with Crippen LogP contribution in [0.25, 0.3) is 10.4 Å². The maximum Gasteiger partial charge on any atom is 0.226 e. The maximum atomic E-state index is 12.1. The standard InChI is InChI=1S/C20H20N2OS/c1-15-10-12-16(13-11-15)6-5-9-19(23)22-20-21-14-18(24-20)17-7-3-2-4-8-17/h2-4,7-8,10-14H,5-6,9H2,1H3,(H,21,22,23). The number of anilines is 1. The van der Waals surface area contributed by atoms with E-state index in [4.69, 9.17) is 0 Å². The monoisotopic (exact) mass is 336 g/mol. The molecule has 0 aliphatic carbocycles. The first-order chi connectivity index (χ1) is 11.7. The van der Waals surface area contributed by atoms with Gasteiger partial charge in [-0.1, -0.05) is 71.5 Å². The van der Waals surface area contributed by atoms with Crippen molar-refractivity contribution in [1.29, 1.82) is 0 Å². The van der Waals surface area contributed by atoms with Crippen LogP contribution in [0, 0.1) is 6.92 Å². The van der Waals surface area contributed by atoms with Crippen molar-refractivity contribution < 1.29 is 4.79 Å². The number of benzene rings is 2. The molecule has 0 saturated carbocycles. The van der Waals surface area contributed by atoms with Gasteiger partial charge in [-0.05, 0) is 30.9 Å². The zero-order chi connectivity index (χ0) is 16.8. The molecular weight excluding hydrogens is 316 g/mol. The van der Waals surface area contributed by atoms with Crippen molar-refractivity contribution >= 4 is 22.4 Å². The highest BCUT2D eigenvalue weighted by Gasteiger charge is 2.08. The third-order valence-corrected chi connectivity index (χ3v) is 4.76. The highest BCUT2D eigenvalue weighted by atomic mass is 32.1. The second-order valence-electron chi connectivity index (χ2n) is 5.78. The second kappa shape index (κ2) is 7.88. The molecule has 122 valence electrons. The van der Waals surface area contributed by atoms with Crippen LogP contribution in [0.5, 0.6) is 0 Å². The van der Waals surface area contributed by atoms with Gasteiger partial charge < -0.3 is 5.32 Å². The molecule has 0 spiro atoms. The SMILES string of the molecule is Cc1ccc(CCCC(=O)Nc2ncc(-c3ccccc3)s2)cc1. The Morgan fingerprint density at radius 1 is 1.08 bits per heavy atom. The quantitative estimate of drug-likeness (QED) is 0.682. The Morgan fingerprint density at radius 2 is 1.83 bits per heavy atom. The first-order valence-electron chi connectivity index (χ1n) is 8.07. The number of hydrogen-bond donors (Lipinski definition) is 1. The van der Waals surface area contributed by atoms with E-state index in [9.17, 15) is 4.79 Å². The highest BCUT2D eigenvalue weighted by Crippen LogP contribution is 2.28. The summed E-state index contributed by atoms with van der Waals surface area (Å²) in [5, 5.41) is 3.56. The average Bonchev–Trinajstić information content (AvgIpc) is 3.06. The summed E-state index contributed by atoms with van der Waals surface area (Å²) in [6.45, 7) is 2.08. The van der Waals surface area contributed by atoms with E-state index < -0.39 is 0 Å². The Labute approximate surface area is 146 Å². The van der Waals surface area contributed by atoms with E-state index in [0.717, 1.165) is 23.3 Å². The molecule has 3 rings (SSSR count).